The van der Waals surface area contributed by atoms with Crippen LogP contribution in [0.2, 0.25) is 10.0 Å². The zero-order valence-corrected chi connectivity index (χ0v) is 19.0. The van der Waals surface area contributed by atoms with E-state index >= 15 is 0 Å². The SMILES string of the molecule is Cc1nn(-c2ccc(Cl)c(Cl)c2)c(C)c1CC(=O)NCCN(C(C)C)C(C)C. The van der Waals surface area contributed by atoms with Crippen LogP contribution in [0.4, 0.5) is 0 Å². The summed E-state index contributed by atoms with van der Waals surface area (Å²) in [5, 5.41) is 8.60. The van der Waals surface area contributed by atoms with E-state index in [2.05, 4.69) is 43.0 Å². The smallest absolute Gasteiger partial charge is 0.224 e. The molecule has 2 rings (SSSR count). The van der Waals surface area contributed by atoms with E-state index in [0.717, 1.165) is 29.2 Å². The molecule has 0 aliphatic heterocycles. The fourth-order valence-electron chi connectivity index (χ4n) is 3.46. The number of nitrogens with one attached hydrogen (secondary N) is 1. The number of hydrogen-bond acceptors (Lipinski definition) is 3. The van der Waals surface area contributed by atoms with Gasteiger partial charge < -0.3 is 5.32 Å². The number of halogens is 2. The second-order valence-corrected chi connectivity index (χ2v) is 8.43. The van der Waals surface area contributed by atoms with E-state index in [9.17, 15) is 4.79 Å². The van der Waals surface area contributed by atoms with Crippen LogP contribution < -0.4 is 5.32 Å². The Bertz CT molecular complexity index is 822. The molecule has 0 fully saturated rings. The van der Waals surface area contributed by atoms with Crippen molar-refractivity contribution >= 4 is 29.1 Å². The van der Waals surface area contributed by atoms with E-state index in [1.165, 1.54) is 0 Å². The van der Waals surface area contributed by atoms with Gasteiger partial charge >= 0.3 is 0 Å². The van der Waals surface area contributed by atoms with E-state index in [1.54, 1.807) is 16.8 Å². The van der Waals surface area contributed by atoms with Gasteiger partial charge in [0.2, 0.25) is 5.91 Å². The van der Waals surface area contributed by atoms with Gasteiger partial charge in [-0.1, -0.05) is 23.2 Å². The van der Waals surface area contributed by atoms with E-state index in [0.29, 0.717) is 35.1 Å². The standard InChI is InChI=1S/C21H30Cl2N4O/c1-13(2)26(14(3)4)10-9-24-21(28)12-18-15(5)25-27(16(18)6)17-7-8-19(22)20(23)11-17/h7-8,11,13-14H,9-10,12H2,1-6H3,(H,24,28). The first-order chi connectivity index (χ1) is 13.1. The summed E-state index contributed by atoms with van der Waals surface area (Å²) < 4.78 is 1.80. The fraction of sp³-hybridized carbons (Fsp3) is 0.524. The summed E-state index contributed by atoms with van der Waals surface area (Å²) in [7, 11) is 0. The molecule has 0 saturated carbocycles. The summed E-state index contributed by atoms with van der Waals surface area (Å²) >= 11 is 12.1. The highest BCUT2D eigenvalue weighted by Crippen LogP contribution is 2.26. The van der Waals surface area contributed by atoms with Gasteiger partial charge in [-0.25, -0.2) is 4.68 Å². The van der Waals surface area contributed by atoms with Crippen molar-refractivity contribution in [2.24, 2.45) is 0 Å². The Morgan fingerprint density at radius 1 is 1.14 bits per heavy atom. The second kappa shape index (κ2) is 9.77. The number of aryl methyl sites for hydroxylation is 1. The highest BCUT2D eigenvalue weighted by atomic mass is 35.5. The number of carbonyl (C=O) groups excluding carboxylic acids is 1. The van der Waals surface area contributed by atoms with Crippen LogP contribution in [-0.2, 0) is 11.2 Å². The first-order valence-corrected chi connectivity index (χ1v) is 10.4. The van der Waals surface area contributed by atoms with E-state index in [4.69, 9.17) is 23.2 Å². The molecule has 1 aromatic carbocycles. The lowest BCUT2D eigenvalue weighted by Crippen LogP contribution is -2.42. The molecule has 0 radical (unpaired) electrons. The number of benzene rings is 1. The third-order valence-electron chi connectivity index (χ3n) is 4.95. The molecule has 0 saturated heterocycles. The Morgan fingerprint density at radius 2 is 1.79 bits per heavy atom. The first-order valence-electron chi connectivity index (χ1n) is 9.64. The molecular formula is C21H30Cl2N4O. The number of amides is 1. The topological polar surface area (TPSA) is 50.2 Å². The molecular weight excluding hydrogens is 395 g/mol. The van der Waals surface area contributed by atoms with Gasteiger partial charge in [0, 0.05) is 36.4 Å². The quantitative estimate of drug-likeness (QED) is 0.674. The number of aromatic nitrogens is 2. The van der Waals surface area contributed by atoms with Crippen LogP contribution in [0.3, 0.4) is 0 Å². The Balaban J connectivity index is 2.05. The maximum atomic E-state index is 12.5. The Labute approximate surface area is 178 Å². The average molecular weight is 425 g/mol. The summed E-state index contributed by atoms with van der Waals surface area (Å²) in [6.45, 7) is 14.0. The van der Waals surface area contributed by atoms with Crippen LogP contribution in [0.5, 0.6) is 0 Å². The van der Waals surface area contributed by atoms with Gasteiger partial charge in [-0.2, -0.15) is 5.10 Å². The van der Waals surface area contributed by atoms with Crippen LogP contribution >= 0.6 is 23.2 Å². The van der Waals surface area contributed by atoms with Gasteiger partial charge in [0.1, 0.15) is 0 Å². The largest absolute Gasteiger partial charge is 0.355 e. The highest BCUT2D eigenvalue weighted by molar-refractivity contribution is 6.42. The lowest BCUT2D eigenvalue weighted by molar-refractivity contribution is -0.120. The molecule has 28 heavy (non-hydrogen) atoms. The molecule has 0 aliphatic rings. The van der Waals surface area contributed by atoms with E-state index < -0.39 is 0 Å². The number of carbonyl (C=O) groups is 1. The lowest BCUT2D eigenvalue weighted by Gasteiger charge is -2.30. The first kappa shape index (κ1) is 22.7. The van der Waals surface area contributed by atoms with Crippen molar-refractivity contribution < 1.29 is 4.79 Å². The maximum Gasteiger partial charge on any atom is 0.224 e. The van der Waals surface area contributed by atoms with Crippen molar-refractivity contribution in [2.45, 2.75) is 60.0 Å². The molecule has 0 bridgehead atoms. The van der Waals surface area contributed by atoms with Gasteiger partial charge in [0.15, 0.2) is 0 Å². The molecule has 2 aromatic rings. The summed E-state index contributed by atoms with van der Waals surface area (Å²) in [5.74, 6) is 0.00681. The van der Waals surface area contributed by atoms with Crippen molar-refractivity contribution in [2.75, 3.05) is 13.1 Å². The van der Waals surface area contributed by atoms with Crippen LogP contribution in [0.1, 0.15) is 44.6 Å². The number of nitrogens with zero attached hydrogens (tertiary/aromatic N) is 3. The van der Waals surface area contributed by atoms with E-state index in [1.807, 2.05) is 19.9 Å². The minimum Gasteiger partial charge on any atom is -0.355 e. The van der Waals surface area contributed by atoms with Crippen LogP contribution in [0, 0.1) is 13.8 Å². The molecule has 0 unspecified atom stereocenters. The number of hydrogen-bond donors (Lipinski definition) is 1. The van der Waals surface area contributed by atoms with Crippen molar-refractivity contribution in [3.8, 4) is 5.69 Å². The molecule has 1 N–H and O–H groups in total. The fourth-order valence-corrected chi connectivity index (χ4v) is 3.75. The van der Waals surface area contributed by atoms with Gasteiger partial charge in [-0.3, -0.25) is 9.69 Å². The van der Waals surface area contributed by atoms with Crippen molar-refractivity contribution in [1.29, 1.82) is 0 Å². The molecule has 5 nitrogen and oxygen atoms in total. The van der Waals surface area contributed by atoms with Gasteiger partial charge in [0.05, 0.1) is 27.8 Å². The maximum absolute atomic E-state index is 12.5. The zero-order chi connectivity index (χ0) is 21.0. The predicted molar refractivity (Wildman–Crippen MR) is 117 cm³/mol. The van der Waals surface area contributed by atoms with Crippen LogP contribution in [0.15, 0.2) is 18.2 Å². The zero-order valence-electron chi connectivity index (χ0n) is 17.5. The van der Waals surface area contributed by atoms with Gasteiger partial charge in [-0.05, 0) is 59.7 Å². The molecule has 154 valence electrons. The Kier molecular flexibility index (Phi) is 7.93. The molecule has 0 atom stereocenters. The third-order valence-corrected chi connectivity index (χ3v) is 5.68. The van der Waals surface area contributed by atoms with E-state index in [-0.39, 0.29) is 5.91 Å². The summed E-state index contributed by atoms with van der Waals surface area (Å²) in [5.41, 5.74) is 3.53. The van der Waals surface area contributed by atoms with Crippen molar-refractivity contribution in [3.63, 3.8) is 0 Å². The molecule has 1 amide bonds. The molecule has 0 spiro atoms. The second-order valence-electron chi connectivity index (χ2n) is 7.61. The molecule has 1 aromatic heterocycles. The Morgan fingerprint density at radius 3 is 2.36 bits per heavy atom. The highest BCUT2D eigenvalue weighted by Gasteiger charge is 2.17. The summed E-state index contributed by atoms with van der Waals surface area (Å²) in [6.07, 6.45) is 0.308. The minimum absolute atomic E-state index is 0.00681. The van der Waals surface area contributed by atoms with Gasteiger partial charge in [0.25, 0.3) is 0 Å². The van der Waals surface area contributed by atoms with Gasteiger partial charge in [-0.15, -0.1) is 0 Å². The average Bonchev–Trinajstić information content (AvgIpc) is 2.88. The summed E-state index contributed by atoms with van der Waals surface area (Å²) in [4.78, 5) is 14.8. The Hall–Kier alpha value is -1.56. The molecule has 1 heterocycles. The number of rotatable bonds is 8. The summed E-state index contributed by atoms with van der Waals surface area (Å²) in [6, 6.07) is 6.29. The van der Waals surface area contributed by atoms with Crippen LogP contribution in [-0.4, -0.2) is 45.8 Å². The molecule has 7 heteroatoms. The minimum atomic E-state index is 0.00681. The normalized spacial score (nSPS) is 11.7. The van der Waals surface area contributed by atoms with Crippen LogP contribution in [0.25, 0.3) is 5.69 Å². The lowest BCUT2D eigenvalue weighted by atomic mass is 10.1. The monoisotopic (exact) mass is 424 g/mol. The molecule has 0 aliphatic carbocycles. The third kappa shape index (κ3) is 5.49. The predicted octanol–water partition coefficient (Wildman–Crippen LogP) is 4.57. The van der Waals surface area contributed by atoms with Crippen molar-refractivity contribution in [1.82, 2.24) is 20.0 Å². The van der Waals surface area contributed by atoms with Crippen molar-refractivity contribution in [3.05, 3.63) is 45.2 Å².